The summed E-state index contributed by atoms with van der Waals surface area (Å²) in [5, 5.41) is 6.58. The van der Waals surface area contributed by atoms with Gasteiger partial charge in [-0.05, 0) is 45.7 Å². The van der Waals surface area contributed by atoms with Gasteiger partial charge in [-0.25, -0.2) is 18.4 Å². The fourth-order valence-corrected chi connectivity index (χ4v) is 3.76. The number of ether oxygens (including phenoxy) is 2. The Morgan fingerprint density at radius 1 is 1.22 bits per heavy atom. The molecule has 1 N–H and O–H groups in total. The Balaban J connectivity index is 1.84. The van der Waals surface area contributed by atoms with E-state index in [1.807, 2.05) is 30.3 Å². The third-order valence-electron chi connectivity index (χ3n) is 5.28. The van der Waals surface area contributed by atoms with Crippen LogP contribution in [0.3, 0.4) is 0 Å². The number of hydrogen-bond donors (Lipinski definition) is 1. The summed E-state index contributed by atoms with van der Waals surface area (Å²) in [6.07, 6.45) is 0.949. The topological polar surface area (TPSA) is 89.5 Å². The summed E-state index contributed by atoms with van der Waals surface area (Å²) in [5.74, 6) is -2.77. The molecule has 36 heavy (non-hydrogen) atoms. The number of benzene rings is 2. The second-order valence-corrected chi connectivity index (χ2v) is 9.27. The van der Waals surface area contributed by atoms with Crippen LogP contribution in [0.1, 0.15) is 55.6 Å². The maximum absolute atomic E-state index is 15.5. The molecule has 1 heterocycles. The van der Waals surface area contributed by atoms with Crippen LogP contribution in [0.4, 0.5) is 19.3 Å². The molecule has 2 aromatic carbocycles. The molecule has 1 amide bonds. The molecule has 1 fully saturated rings. The molecule has 1 unspecified atom stereocenters. The van der Waals surface area contributed by atoms with Gasteiger partial charge in [0.15, 0.2) is 0 Å². The van der Waals surface area contributed by atoms with Crippen molar-refractivity contribution in [2.75, 3.05) is 24.6 Å². The van der Waals surface area contributed by atoms with Crippen molar-refractivity contribution < 1.29 is 32.7 Å². The monoisotopic (exact) mass is 503 g/mol. The van der Waals surface area contributed by atoms with Crippen LogP contribution in [0, 0.1) is 11.6 Å². The van der Waals surface area contributed by atoms with Gasteiger partial charge in [0, 0.05) is 13.1 Å². The van der Waals surface area contributed by atoms with Crippen molar-refractivity contribution in [2.24, 2.45) is 5.16 Å². The number of nitrogens with zero attached hydrogens (tertiary/aromatic N) is 2. The Bertz CT molecular complexity index is 1100. The number of carbonyl (C=O) groups excluding carboxylic acids is 2. The number of alkyl carbamates (subject to hydrolysis) is 1. The lowest BCUT2D eigenvalue weighted by atomic mass is 10.1. The van der Waals surface area contributed by atoms with Crippen molar-refractivity contribution in [3.05, 3.63) is 64.7 Å². The van der Waals surface area contributed by atoms with Crippen LogP contribution < -0.4 is 10.2 Å². The Hall–Kier alpha value is -3.69. The van der Waals surface area contributed by atoms with Gasteiger partial charge in [0.2, 0.25) is 0 Å². The second kappa shape index (κ2) is 11.8. The maximum atomic E-state index is 15.5. The predicted molar refractivity (Wildman–Crippen MR) is 131 cm³/mol. The molecular formula is C26H31F2N3O5. The predicted octanol–water partition coefficient (Wildman–Crippen LogP) is 4.80. The zero-order chi connectivity index (χ0) is 26.3. The summed E-state index contributed by atoms with van der Waals surface area (Å²) in [4.78, 5) is 31.2. The van der Waals surface area contributed by atoms with E-state index in [1.165, 1.54) is 0 Å². The smallest absolute Gasteiger partial charge is 0.407 e. The minimum atomic E-state index is -0.980. The van der Waals surface area contributed by atoms with E-state index < -0.39 is 34.9 Å². The molecule has 1 aliphatic rings. The van der Waals surface area contributed by atoms with E-state index in [0.717, 1.165) is 17.8 Å². The molecule has 0 saturated carbocycles. The van der Waals surface area contributed by atoms with Gasteiger partial charge in [-0.2, -0.15) is 0 Å². The Morgan fingerprint density at radius 2 is 1.94 bits per heavy atom. The lowest BCUT2D eigenvalue weighted by Crippen LogP contribution is -2.40. The molecule has 0 aromatic heterocycles. The molecule has 0 radical (unpaired) electrons. The summed E-state index contributed by atoms with van der Waals surface area (Å²) >= 11 is 0. The van der Waals surface area contributed by atoms with E-state index in [2.05, 4.69) is 10.5 Å². The first-order valence-corrected chi connectivity index (χ1v) is 11.7. The van der Waals surface area contributed by atoms with E-state index in [-0.39, 0.29) is 37.1 Å². The molecule has 194 valence electrons. The molecule has 0 spiro atoms. The van der Waals surface area contributed by atoms with Crippen molar-refractivity contribution >= 4 is 24.0 Å². The van der Waals surface area contributed by atoms with Crippen molar-refractivity contribution in [2.45, 2.75) is 52.4 Å². The van der Waals surface area contributed by atoms with Crippen LogP contribution >= 0.6 is 0 Å². The zero-order valence-corrected chi connectivity index (χ0v) is 20.8. The van der Waals surface area contributed by atoms with Gasteiger partial charge in [-0.3, -0.25) is 0 Å². The van der Waals surface area contributed by atoms with Crippen LogP contribution in [0.25, 0.3) is 0 Å². The number of anilines is 1. The first-order valence-electron chi connectivity index (χ1n) is 11.7. The van der Waals surface area contributed by atoms with E-state index >= 15 is 8.78 Å². The molecule has 1 atom stereocenters. The first kappa shape index (κ1) is 26.9. The van der Waals surface area contributed by atoms with Gasteiger partial charge >= 0.3 is 12.1 Å². The van der Waals surface area contributed by atoms with Gasteiger partial charge in [0.05, 0.1) is 35.7 Å². The minimum Gasteiger partial charge on any atom is -0.462 e. The van der Waals surface area contributed by atoms with Crippen molar-refractivity contribution in [3.8, 4) is 0 Å². The van der Waals surface area contributed by atoms with Gasteiger partial charge in [-0.15, -0.1) is 0 Å². The second-order valence-electron chi connectivity index (χ2n) is 9.27. The van der Waals surface area contributed by atoms with Gasteiger partial charge in [0.1, 0.15) is 23.8 Å². The van der Waals surface area contributed by atoms with Crippen molar-refractivity contribution in [1.82, 2.24) is 5.32 Å². The maximum Gasteiger partial charge on any atom is 0.407 e. The van der Waals surface area contributed by atoms with Crippen molar-refractivity contribution in [1.29, 1.82) is 0 Å². The van der Waals surface area contributed by atoms with E-state index in [9.17, 15) is 9.59 Å². The molecule has 0 aliphatic carbocycles. The summed E-state index contributed by atoms with van der Waals surface area (Å²) < 4.78 is 40.9. The molecule has 1 aliphatic heterocycles. The van der Waals surface area contributed by atoms with Crippen LogP contribution in [0.15, 0.2) is 41.6 Å². The molecule has 3 rings (SSSR count). The largest absolute Gasteiger partial charge is 0.462 e. The number of oxime groups is 1. The van der Waals surface area contributed by atoms with Crippen LogP contribution in [0.2, 0.25) is 0 Å². The standard InChI is InChI=1S/C26H31F2N3O5/c1-5-34-24(32)19-13-21(27)23(31-12-11-18(15-31)30-25(33)36-26(2,3)4)20(22(19)28)14-29-35-16-17-9-7-6-8-10-17/h6-10,13-14,18H,5,11-12,15-16H2,1-4H3,(H,30,33)/b29-14+. The molecule has 10 heteroatoms. The number of rotatable bonds is 8. The van der Waals surface area contributed by atoms with Gasteiger partial charge in [-0.1, -0.05) is 35.5 Å². The number of amides is 1. The average Bonchev–Trinajstić information content (AvgIpc) is 3.25. The third-order valence-corrected chi connectivity index (χ3v) is 5.28. The number of carbonyl (C=O) groups is 2. The molecule has 1 saturated heterocycles. The van der Waals surface area contributed by atoms with Gasteiger partial charge < -0.3 is 24.5 Å². The minimum absolute atomic E-state index is 0.00932. The summed E-state index contributed by atoms with van der Waals surface area (Å²) in [7, 11) is 0. The van der Waals surface area contributed by atoms with Crippen LogP contribution in [-0.2, 0) is 20.9 Å². The SMILES string of the molecule is CCOC(=O)c1cc(F)c(N2CCC(NC(=O)OC(C)(C)C)C2)c(/C=N/OCc2ccccc2)c1F. The molecule has 0 bridgehead atoms. The average molecular weight is 504 g/mol. The highest BCUT2D eigenvalue weighted by atomic mass is 19.1. The third kappa shape index (κ3) is 7.16. The van der Waals surface area contributed by atoms with E-state index in [0.29, 0.717) is 13.0 Å². The Morgan fingerprint density at radius 3 is 2.61 bits per heavy atom. The molecule has 2 aromatic rings. The van der Waals surface area contributed by atoms with Crippen LogP contribution in [0.5, 0.6) is 0 Å². The fourth-order valence-electron chi connectivity index (χ4n) is 3.76. The Labute approximate surface area is 209 Å². The summed E-state index contributed by atoms with van der Waals surface area (Å²) in [6.45, 7) is 7.51. The molecule has 8 nitrogen and oxygen atoms in total. The van der Waals surface area contributed by atoms with Crippen LogP contribution in [-0.4, -0.2) is 49.6 Å². The normalized spacial score (nSPS) is 15.7. The summed E-state index contributed by atoms with van der Waals surface area (Å²) in [6, 6.07) is 9.69. The molecular weight excluding hydrogens is 472 g/mol. The quantitative estimate of drug-likeness (QED) is 0.316. The highest BCUT2D eigenvalue weighted by molar-refractivity contribution is 5.96. The fraction of sp³-hybridized carbons (Fsp3) is 0.423. The van der Waals surface area contributed by atoms with Gasteiger partial charge in [0.25, 0.3) is 0 Å². The summed E-state index contributed by atoms with van der Waals surface area (Å²) in [5.41, 5.74) is -0.683. The number of hydrogen-bond acceptors (Lipinski definition) is 7. The lowest BCUT2D eigenvalue weighted by molar-refractivity contribution is 0.0502. The highest BCUT2D eigenvalue weighted by Crippen LogP contribution is 2.31. The van der Waals surface area contributed by atoms with E-state index in [4.69, 9.17) is 14.3 Å². The number of nitrogens with one attached hydrogen (secondary N) is 1. The van der Waals surface area contributed by atoms with E-state index in [1.54, 1.807) is 32.6 Å². The lowest BCUT2D eigenvalue weighted by Gasteiger charge is -2.24. The van der Waals surface area contributed by atoms with Crippen molar-refractivity contribution in [3.63, 3.8) is 0 Å². The first-order chi connectivity index (χ1) is 17.1. The Kier molecular flexibility index (Phi) is 8.84. The number of halogens is 2. The highest BCUT2D eigenvalue weighted by Gasteiger charge is 2.32. The zero-order valence-electron chi connectivity index (χ0n) is 20.8. The number of esters is 1.